The monoisotopic (exact) mass is 515 g/mol. The van der Waals surface area contributed by atoms with Crippen molar-refractivity contribution in [3.05, 3.63) is 80.9 Å². The first-order valence-corrected chi connectivity index (χ1v) is 12.0. The highest BCUT2D eigenvalue weighted by molar-refractivity contribution is 7.99. The highest BCUT2D eigenvalue weighted by Crippen LogP contribution is 2.28. The molecule has 0 saturated carbocycles. The number of hydrogen-bond acceptors (Lipinski definition) is 7. The molecule has 4 aromatic rings. The molecule has 0 spiro atoms. The second kappa shape index (κ2) is 9.45. The molecule has 0 unspecified atom stereocenters. The molecule has 0 aliphatic carbocycles. The third-order valence-corrected chi connectivity index (χ3v) is 7.00. The molecule has 2 N–H and O–H groups in total. The Hall–Kier alpha value is -3.41. The van der Waals surface area contributed by atoms with E-state index in [0.717, 1.165) is 32.4 Å². The van der Waals surface area contributed by atoms with E-state index in [0.29, 0.717) is 34.3 Å². The minimum atomic E-state index is -0.691. The van der Waals surface area contributed by atoms with E-state index in [2.05, 4.69) is 20.0 Å². The van der Waals surface area contributed by atoms with Crippen LogP contribution in [0.2, 0.25) is 4.34 Å². The summed E-state index contributed by atoms with van der Waals surface area (Å²) in [6, 6.07) is 12.1. The van der Waals surface area contributed by atoms with E-state index in [1.165, 1.54) is 29.8 Å². The Bertz CT molecular complexity index is 1500. The van der Waals surface area contributed by atoms with Crippen molar-refractivity contribution in [1.82, 2.24) is 14.3 Å². The standard InChI is InChI=1S/C22H15ClFN5O3S2/c23-18-5-6-19(33-18)34-28-22(31)27-13-2-4-17(15(24)10-13)29-11-26-16-9-12(20-25-7-8-32-20)1-3-14(16)21(29)30/h1-6,9-11H,7-8H2,(H2,27,28,31). The zero-order valence-electron chi connectivity index (χ0n) is 17.2. The Balaban J connectivity index is 1.34. The molecule has 3 heterocycles. The fourth-order valence-electron chi connectivity index (χ4n) is 3.32. The van der Waals surface area contributed by atoms with Crippen molar-refractivity contribution in [2.45, 2.75) is 4.21 Å². The van der Waals surface area contributed by atoms with Crippen molar-refractivity contribution >= 4 is 63.4 Å². The van der Waals surface area contributed by atoms with Gasteiger partial charge in [-0.05, 0) is 60.5 Å². The molecule has 0 saturated heterocycles. The van der Waals surface area contributed by atoms with Crippen LogP contribution in [0.4, 0.5) is 14.9 Å². The Labute approximate surface area is 205 Å². The number of benzene rings is 2. The number of nitrogens with zero attached hydrogens (tertiary/aromatic N) is 3. The number of anilines is 1. The molecule has 1 aliphatic rings. The average molecular weight is 516 g/mol. The Morgan fingerprint density at radius 2 is 2.09 bits per heavy atom. The van der Waals surface area contributed by atoms with Crippen LogP contribution in [0.15, 0.2) is 68.9 Å². The summed E-state index contributed by atoms with van der Waals surface area (Å²) in [5, 5.41) is 2.88. The van der Waals surface area contributed by atoms with Crippen LogP contribution in [0, 0.1) is 5.82 Å². The largest absolute Gasteiger partial charge is 0.476 e. The van der Waals surface area contributed by atoms with E-state index in [1.807, 2.05) is 0 Å². The van der Waals surface area contributed by atoms with Crippen LogP contribution < -0.4 is 15.6 Å². The molecule has 2 aromatic heterocycles. The van der Waals surface area contributed by atoms with Crippen LogP contribution in [0.1, 0.15) is 5.56 Å². The fourth-order valence-corrected chi connectivity index (χ4v) is 5.18. The zero-order chi connectivity index (χ0) is 23.7. The topological polar surface area (TPSA) is 97.6 Å². The lowest BCUT2D eigenvalue weighted by Crippen LogP contribution is -2.23. The van der Waals surface area contributed by atoms with Gasteiger partial charge < -0.3 is 10.1 Å². The van der Waals surface area contributed by atoms with Crippen molar-refractivity contribution in [2.75, 3.05) is 18.5 Å². The van der Waals surface area contributed by atoms with E-state index in [1.54, 1.807) is 30.3 Å². The van der Waals surface area contributed by atoms with Gasteiger partial charge in [0.1, 0.15) is 18.8 Å². The number of fused-ring (bicyclic) bond motifs is 1. The van der Waals surface area contributed by atoms with Gasteiger partial charge in [0.25, 0.3) is 5.56 Å². The maximum Gasteiger partial charge on any atom is 0.329 e. The lowest BCUT2D eigenvalue weighted by molar-refractivity contribution is 0.257. The summed E-state index contributed by atoms with van der Waals surface area (Å²) in [5.74, 6) is -0.173. The van der Waals surface area contributed by atoms with Gasteiger partial charge in [-0.3, -0.25) is 14.1 Å². The molecule has 0 bridgehead atoms. The summed E-state index contributed by atoms with van der Waals surface area (Å²) in [5.41, 5.74) is 1.01. The number of carbonyl (C=O) groups is 1. The van der Waals surface area contributed by atoms with Crippen molar-refractivity contribution < 1.29 is 13.9 Å². The maximum atomic E-state index is 14.9. The number of ether oxygens (including phenoxy) is 1. The van der Waals surface area contributed by atoms with E-state index in [4.69, 9.17) is 16.3 Å². The van der Waals surface area contributed by atoms with Crippen LogP contribution in [0.3, 0.4) is 0 Å². The molecule has 12 heteroatoms. The molecule has 8 nitrogen and oxygen atoms in total. The Kier molecular flexibility index (Phi) is 6.22. The minimum Gasteiger partial charge on any atom is -0.476 e. The second-order valence-electron chi connectivity index (χ2n) is 7.07. The van der Waals surface area contributed by atoms with Gasteiger partial charge in [0.15, 0.2) is 0 Å². The van der Waals surface area contributed by atoms with Crippen molar-refractivity contribution in [2.24, 2.45) is 4.99 Å². The lowest BCUT2D eigenvalue weighted by Gasteiger charge is -2.11. The molecule has 0 atom stereocenters. The molecule has 2 aromatic carbocycles. The second-order valence-corrected chi connectivity index (χ2v) is 9.89. The van der Waals surface area contributed by atoms with Gasteiger partial charge in [-0.1, -0.05) is 11.6 Å². The summed E-state index contributed by atoms with van der Waals surface area (Å²) in [4.78, 5) is 33.7. The first-order chi connectivity index (χ1) is 16.5. The quantitative estimate of drug-likeness (QED) is 0.370. The number of aromatic nitrogens is 2. The predicted octanol–water partition coefficient (Wildman–Crippen LogP) is 4.85. The number of aliphatic imine (C=N–C) groups is 1. The van der Waals surface area contributed by atoms with E-state index < -0.39 is 17.4 Å². The molecule has 2 amide bonds. The number of rotatable bonds is 5. The van der Waals surface area contributed by atoms with Gasteiger partial charge in [0.2, 0.25) is 5.90 Å². The van der Waals surface area contributed by atoms with Crippen molar-refractivity contribution in [3.8, 4) is 5.69 Å². The number of halogens is 2. The third kappa shape index (κ3) is 4.63. The molecule has 34 heavy (non-hydrogen) atoms. The highest BCUT2D eigenvalue weighted by Gasteiger charge is 2.15. The van der Waals surface area contributed by atoms with E-state index in [9.17, 15) is 14.0 Å². The summed E-state index contributed by atoms with van der Waals surface area (Å²) in [6.07, 6.45) is 1.27. The number of hydrogen-bond donors (Lipinski definition) is 2. The van der Waals surface area contributed by atoms with Gasteiger partial charge in [-0.2, -0.15) is 0 Å². The smallest absolute Gasteiger partial charge is 0.329 e. The van der Waals surface area contributed by atoms with Crippen LogP contribution in [-0.4, -0.2) is 34.6 Å². The molecule has 0 radical (unpaired) electrons. The Morgan fingerprint density at radius 3 is 2.82 bits per heavy atom. The molecular formula is C22H15ClFN5O3S2. The normalized spacial score (nSPS) is 12.9. The van der Waals surface area contributed by atoms with Gasteiger partial charge in [0, 0.05) is 11.3 Å². The van der Waals surface area contributed by atoms with Crippen LogP contribution >= 0.6 is 34.9 Å². The Morgan fingerprint density at radius 1 is 1.21 bits per heavy atom. The number of thiophene rings is 1. The van der Waals surface area contributed by atoms with Crippen LogP contribution in [0.5, 0.6) is 0 Å². The van der Waals surface area contributed by atoms with Crippen molar-refractivity contribution in [3.63, 3.8) is 0 Å². The summed E-state index contributed by atoms with van der Waals surface area (Å²) < 4.78 is 25.5. The number of amides is 2. The lowest BCUT2D eigenvalue weighted by atomic mass is 10.1. The molecule has 1 aliphatic heterocycles. The number of carbonyl (C=O) groups excluding carboxylic acids is 1. The molecule has 0 fully saturated rings. The first-order valence-electron chi connectivity index (χ1n) is 9.96. The van der Waals surface area contributed by atoms with Gasteiger partial charge in [0.05, 0.1) is 31.7 Å². The molecular weight excluding hydrogens is 501 g/mol. The third-order valence-electron chi connectivity index (χ3n) is 4.85. The fraction of sp³-hybridized carbons (Fsp3) is 0.0909. The summed E-state index contributed by atoms with van der Waals surface area (Å²) in [6.45, 7) is 1.12. The molecule has 172 valence electrons. The highest BCUT2D eigenvalue weighted by atomic mass is 35.5. The summed E-state index contributed by atoms with van der Waals surface area (Å²) >= 11 is 8.28. The van der Waals surface area contributed by atoms with Gasteiger partial charge in [-0.15, -0.1) is 11.3 Å². The zero-order valence-corrected chi connectivity index (χ0v) is 19.6. The maximum absolute atomic E-state index is 14.9. The predicted molar refractivity (Wildman–Crippen MR) is 132 cm³/mol. The van der Waals surface area contributed by atoms with Gasteiger partial charge in [-0.25, -0.2) is 19.2 Å². The first kappa shape index (κ1) is 22.4. The van der Waals surface area contributed by atoms with Gasteiger partial charge >= 0.3 is 6.03 Å². The molecule has 5 rings (SSSR count). The summed E-state index contributed by atoms with van der Waals surface area (Å²) in [7, 11) is 0. The van der Waals surface area contributed by atoms with Crippen LogP contribution in [0.25, 0.3) is 16.6 Å². The van der Waals surface area contributed by atoms with E-state index in [-0.39, 0.29) is 11.4 Å². The average Bonchev–Trinajstić information content (AvgIpc) is 3.50. The van der Waals surface area contributed by atoms with E-state index >= 15 is 0 Å². The number of urea groups is 1. The van der Waals surface area contributed by atoms with Crippen molar-refractivity contribution in [1.29, 1.82) is 0 Å². The minimum absolute atomic E-state index is 0.0144. The SMILES string of the molecule is O=C(NSc1ccc(Cl)s1)Nc1ccc(-n2cnc3cc(C4=NCCO4)ccc3c2=O)c(F)c1. The van der Waals surface area contributed by atoms with Crippen LogP contribution in [-0.2, 0) is 4.74 Å². The number of nitrogens with one attached hydrogen (secondary N) is 2.